The van der Waals surface area contributed by atoms with E-state index in [-0.39, 0.29) is 18.4 Å². The summed E-state index contributed by atoms with van der Waals surface area (Å²) in [6.45, 7) is 7.80. The van der Waals surface area contributed by atoms with Crippen LogP contribution in [0.3, 0.4) is 0 Å². The van der Waals surface area contributed by atoms with Crippen LogP contribution in [0, 0.1) is 6.92 Å². The van der Waals surface area contributed by atoms with E-state index >= 15 is 0 Å². The van der Waals surface area contributed by atoms with Crippen LogP contribution in [0.5, 0.6) is 0 Å². The zero-order valence-corrected chi connectivity index (χ0v) is 15.9. The highest BCUT2D eigenvalue weighted by Crippen LogP contribution is 2.25. The van der Waals surface area contributed by atoms with Gasteiger partial charge in [0.15, 0.2) is 0 Å². The summed E-state index contributed by atoms with van der Waals surface area (Å²) in [5, 5.41) is 8.74. The quantitative estimate of drug-likeness (QED) is 0.231. The molecule has 9 nitrogen and oxygen atoms in total. The lowest BCUT2D eigenvalue weighted by Crippen LogP contribution is -2.41. The SMILES string of the molecule is CCC(C)(OOC(C)(CC)OC(=O)OC(=O)c1ccc(C)cc1)OC(=O)O. The summed E-state index contributed by atoms with van der Waals surface area (Å²) < 4.78 is 14.3. The largest absolute Gasteiger partial charge is 0.519 e. The van der Waals surface area contributed by atoms with Gasteiger partial charge in [-0.2, -0.15) is 9.78 Å². The van der Waals surface area contributed by atoms with Crippen LogP contribution < -0.4 is 0 Å². The molecule has 0 saturated heterocycles. The van der Waals surface area contributed by atoms with Crippen molar-refractivity contribution in [2.75, 3.05) is 0 Å². The van der Waals surface area contributed by atoms with Crippen molar-refractivity contribution in [1.82, 2.24) is 0 Å². The summed E-state index contributed by atoms with van der Waals surface area (Å²) in [7, 11) is 0. The second-order valence-corrected chi connectivity index (χ2v) is 6.12. The number of hydrogen-bond donors (Lipinski definition) is 1. The lowest BCUT2D eigenvalue weighted by atomic mass is 10.1. The highest BCUT2D eigenvalue weighted by atomic mass is 17.3. The van der Waals surface area contributed by atoms with Gasteiger partial charge >= 0.3 is 18.3 Å². The third-order valence-corrected chi connectivity index (χ3v) is 3.74. The molecule has 150 valence electrons. The standard InChI is InChI=1S/C18H24O9/c1-6-17(4,24-15(20)21)26-27-18(5,7-2)25-16(22)23-14(19)13-10-8-12(3)9-11-13/h8-11H,6-7H2,1-5H3,(H,20,21). The van der Waals surface area contributed by atoms with Gasteiger partial charge in [0.2, 0.25) is 11.6 Å². The van der Waals surface area contributed by atoms with E-state index in [1.165, 1.54) is 26.0 Å². The van der Waals surface area contributed by atoms with Crippen molar-refractivity contribution in [3.05, 3.63) is 35.4 Å². The first-order valence-corrected chi connectivity index (χ1v) is 8.33. The van der Waals surface area contributed by atoms with Crippen LogP contribution in [0.2, 0.25) is 0 Å². The molecule has 9 heteroatoms. The fraction of sp³-hybridized carbons (Fsp3) is 0.500. The molecule has 0 bridgehead atoms. The molecule has 0 amide bonds. The minimum atomic E-state index is -1.64. The summed E-state index contributed by atoms with van der Waals surface area (Å²) in [5.41, 5.74) is 1.13. The van der Waals surface area contributed by atoms with E-state index in [9.17, 15) is 14.4 Å². The number of ether oxygens (including phenoxy) is 3. The van der Waals surface area contributed by atoms with Crippen molar-refractivity contribution in [1.29, 1.82) is 0 Å². The molecule has 27 heavy (non-hydrogen) atoms. The van der Waals surface area contributed by atoms with Crippen LogP contribution in [-0.4, -0.2) is 35.0 Å². The van der Waals surface area contributed by atoms with Gasteiger partial charge in [0.05, 0.1) is 5.56 Å². The maximum absolute atomic E-state index is 11.9. The van der Waals surface area contributed by atoms with Crippen molar-refractivity contribution >= 4 is 18.3 Å². The Morgan fingerprint density at radius 2 is 1.41 bits per heavy atom. The predicted molar refractivity (Wildman–Crippen MR) is 91.7 cm³/mol. The molecule has 0 aliphatic rings. The number of carbonyl (C=O) groups excluding carboxylic acids is 2. The van der Waals surface area contributed by atoms with Gasteiger partial charge < -0.3 is 19.3 Å². The van der Waals surface area contributed by atoms with Crippen molar-refractivity contribution < 1.29 is 43.5 Å². The Labute approximate surface area is 157 Å². The summed E-state index contributed by atoms with van der Waals surface area (Å²) in [4.78, 5) is 44.7. The highest BCUT2D eigenvalue weighted by Gasteiger charge is 2.37. The monoisotopic (exact) mass is 384 g/mol. The second-order valence-electron chi connectivity index (χ2n) is 6.12. The summed E-state index contributed by atoms with van der Waals surface area (Å²) in [6.07, 6.45) is -2.58. The number of benzene rings is 1. The van der Waals surface area contributed by atoms with Crippen LogP contribution >= 0.6 is 0 Å². The van der Waals surface area contributed by atoms with Crippen molar-refractivity contribution in [2.45, 2.75) is 59.0 Å². The van der Waals surface area contributed by atoms with Crippen LogP contribution in [0.1, 0.15) is 56.5 Å². The Bertz CT molecular complexity index is 670. The number of aryl methyl sites for hydroxylation is 1. The Balaban J connectivity index is 2.68. The predicted octanol–water partition coefficient (Wildman–Crippen LogP) is 4.18. The Hall–Kier alpha value is -2.65. The molecule has 1 rings (SSSR count). The molecule has 0 aromatic heterocycles. The zero-order valence-electron chi connectivity index (χ0n) is 15.9. The molecule has 2 atom stereocenters. The summed E-state index contributed by atoms with van der Waals surface area (Å²) in [6, 6.07) is 6.42. The van der Waals surface area contributed by atoms with Crippen LogP contribution in [0.25, 0.3) is 0 Å². The lowest BCUT2D eigenvalue weighted by Gasteiger charge is -2.31. The molecule has 0 aliphatic heterocycles. The molecule has 1 aromatic rings. The van der Waals surface area contributed by atoms with E-state index in [4.69, 9.17) is 19.6 Å². The van der Waals surface area contributed by atoms with E-state index in [1.54, 1.807) is 26.0 Å². The normalized spacial score (nSPS) is 15.1. The van der Waals surface area contributed by atoms with E-state index < -0.39 is 29.9 Å². The van der Waals surface area contributed by atoms with Gasteiger partial charge in [-0.05, 0) is 19.1 Å². The molecule has 0 aliphatic carbocycles. The molecule has 1 N–H and O–H groups in total. The number of rotatable bonds is 8. The Morgan fingerprint density at radius 3 is 1.85 bits per heavy atom. The molecule has 0 heterocycles. The molecule has 0 spiro atoms. The summed E-state index contributed by atoms with van der Waals surface area (Å²) >= 11 is 0. The van der Waals surface area contributed by atoms with Crippen LogP contribution in [-0.2, 0) is 24.0 Å². The van der Waals surface area contributed by atoms with E-state index in [1.807, 2.05) is 6.92 Å². The van der Waals surface area contributed by atoms with Gasteiger partial charge in [0.1, 0.15) is 0 Å². The van der Waals surface area contributed by atoms with Gasteiger partial charge in [-0.15, -0.1) is 0 Å². The summed E-state index contributed by atoms with van der Waals surface area (Å²) in [5.74, 6) is -4.12. The molecular formula is C18H24O9. The molecule has 0 radical (unpaired) electrons. The van der Waals surface area contributed by atoms with Crippen molar-refractivity contribution in [2.24, 2.45) is 0 Å². The molecule has 0 fully saturated rings. The number of carboxylic acid groups (broad SMARTS) is 1. The van der Waals surface area contributed by atoms with Gasteiger partial charge in [0, 0.05) is 26.7 Å². The molecule has 1 aromatic carbocycles. The smallest absolute Gasteiger partial charge is 0.450 e. The number of esters is 1. The maximum atomic E-state index is 11.9. The van der Waals surface area contributed by atoms with Gasteiger partial charge in [-0.3, -0.25) is 0 Å². The minimum Gasteiger partial charge on any atom is -0.450 e. The maximum Gasteiger partial charge on any atom is 0.519 e. The zero-order chi connectivity index (χ0) is 20.7. The third kappa shape index (κ3) is 7.24. The van der Waals surface area contributed by atoms with Gasteiger partial charge in [-0.25, -0.2) is 14.4 Å². The van der Waals surface area contributed by atoms with E-state index in [0.29, 0.717) is 0 Å². The van der Waals surface area contributed by atoms with Crippen LogP contribution in [0.15, 0.2) is 24.3 Å². The number of carbonyl (C=O) groups is 3. The second kappa shape index (κ2) is 9.33. The fourth-order valence-corrected chi connectivity index (χ4v) is 1.68. The Morgan fingerprint density at radius 1 is 0.926 bits per heavy atom. The average Bonchev–Trinajstić information content (AvgIpc) is 2.60. The minimum absolute atomic E-state index is 0.119. The molecule has 2 unspecified atom stereocenters. The first kappa shape index (κ1) is 22.4. The average molecular weight is 384 g/mol. The topological polar surface area (TPSA) is 118 Å². The van der Waals surface area contributed by atoms with Crippen molar-refractivity contribution in [3.8, 4) is 0 Å². The van der Waals surface area contributed by atoms with E-state index in [0.717, 1.165) is 5.56 Å². The number of hydrogen-bond acceptors (Lipinski definition) is 8. The lowest BCUT2D eigenvalue weighted by molar-refractivity contribution is -0.484. The van der Waals surface area contributed by atoms with Crippen LogP contribution in [0.4, 0.5) is 9.59 Å². The highest BCUT2D eigenvalue weighted by molar-refractivity contribution is 5.95. The van der Waals surface area contributed by atoms with Gasteiger partial charge in [0.25, 0.3) is 0 Å². The Kier molecular flexibility index (Phi) is 7.74. The first-order valence-electron chi connectivity index (χ1n) is 8.33. The van der Waals surface area contributed by atoms with Gasteiger partial charge in [-0.1, -0.05) is 31.5 Å². The third-order valence-electron chi connectivity index (χ3n) is 3.74. The first-order chi connectivity index (χ1) is 12.5. The molecule has 0 saturated carbocycles. The molecular weight excluding hydrogens is 360 g/mol. The van der Waals surface area contributed by atoms with E-state index in [2.05, 4.69) is 9.47 Å². The fourth-order valence-electron chi connectivity index (χ4n) is 1.68. The van der Waals surface area contributed by atoms with Crippen molar-refractivity contribution in [3.63, 3.8) is 0 Å².